The molecule has 63 heavy (non-hydrogen) atoms. The van der Waals surface area contributed by atoms with E-state index in [0.717, 1.165) is 62.8 Å². The Balaban J connectivity index is 0.00000392. The van der Waals surface area contributed by atoms with E-state index >= 15 is 0 Å². The zero-order valence-electron chi connectivity index (χ0n) is 43.6. The largest absolute Gasteiger partial charge is 2.00 e. The first-order valence-corrected chi connectivity index (χ1v) is 27.1. The molecule has 0 amide bonds. The molecule has 0 aromatic heterocycles. The van der Waals surface area contributed by atoms with Crippen LogP contribution < -0.4 is 0 Å². The van der Waals surface area contributed by atoms with Crippen LogP contribution in [-0.4, -0.2) is 4.70 Å². The minimum absolute atomic E-state index is 0. The van der Waals surface area contributed by atoms with Crippen molar-refractivity contribution < 1.29 is 21.2 Å². The zero-order valence-corrected chi connectivity index (χ0v) is 44.5. The fourth-order valence-corrected chi connectivity index (χ4v) is 8.82. The molecule has 0 aliphatic carbocycles. The Hall–Kier alpha value is -1.99. The van der Waals surface area contributed by atoms with Gasteiger partial charge in [0.15, 0.2) is 0 Å². The standard InChI is InChI=1S/C52H84N2.2C4H9.Ni/c1-9-17-25-27-35-49-50(36-28-26-18-10-2)52(46-39-43(31-21-13-5)48(34-24-16-8)44(40-46)32-22-14-6)54(53)51(49)45-37-41(29-19-11-3)47(33-23-15-7)42(38-45)30-20-12-4;2*1-3-4-2;/h37-40H,9-36H2,1-8H3;2*1,3-4H2,2H3;/q;2*-1;+2. The minimum Gasteiger partial charge on any atom is -0.493 e. The Morgan fingerprint density at radius 1 is 0.349 bits per heavy atom. The van der Waals surface area contributed by atoms with Gasteiger partial charge in [0.2, 0.25) is 11.4 Å². The summed E-state index contributed by atoms with van der Waals surface area (Å²) in [6.07, 6.45) is 38.2. The predicted molar refractivity (Wildman–Crippen MR) is 280 cm³/mol. The molecule has 1 aliphatic rings. The Morgan fingerprint density at radius 3 is 0.841 bits per heavy atom. The Kier molecular flexibility index (Phi) is 38.0. The first-order chi connectivity index (χ1) is 30.3. The summed E-state index contributed by atoms with van der Waals surface area (Å²) in [5.74, 6) is 0. The predicted octanol–water partition coefficient (Wildman–Crippen LogP) is 20.1. The van der Waals surface area contributed by atoms with Crippen LogP contribution in [0.25, 0.3) is 16.9 Å². The van der Waals surface area contributed by atoms with Gasteiger partial charge in [-0.15, -0.1) is 0 Å². The molecule has 0 unspecified atom stereocenters. The molecule has 0 N–H and O–H groups in total. The van der Waals surface area contributed by atoms with Gasteiger partial charge in [-0.1, -0.05) is 159 Å². The van der Waals surface area contributed by atoms with Gasteiger partial charge in [0.25, 0.3) is 0 Å². The first-order valence-electron chi connectivity index (χ1n) is 27.1. The van der Waals surface area contributed by atoms with E-state index in [2.05, 4.69) is 107 Å². The molecule has 0 saturated carbocycles. The summed E-state index contributed by atoms with van der Waals surface area (Å²) in [6, 6.07) is 10.1. The van der Waals surface area contributed by atoms with Crippen LogP contribution in [0, 0.1) is 13.8 Å². The third-order valence-electron chi connectivity index (χ3n) is 12.8. The van der Waals surface area contributed by atoms with Crippen molar-refractivity contribution in [1.29, 1.82) is 0 Å². The molecular formula is C60H102N2Ni. The second-order valence-corrected chi connectivity index (χ2v) is 18.5. The van der Waals surface area contributed by atoms with Gasteiger partial charge in [0, 0.05) is 22.3 Å². The van der Waals surface area contributed by atoms with Crippen molar-refractivity contribution in [3.63, 3.8) is 0 Å². The van der Waals surface area contributed by atoms with Crippen LogP contribution in [0.3, 0.4) is 0 Å². The third kappa shape index (κ3) is 21.9. The molecule has 2 aromatic rings. The fourth-order valence-electron chi connectivity index (χ4n) is 8.82. The van der Waals surface area contributed by atoms with Gasteiger partial charge in [-0.05, 0) is 160 Å². The van der Waals surface area contributed by atoms with Crippen molar-refractivity contribution in [2.24, 2.45) is 0 Å². The van der Waals surface area contributed by atoms with Gasteiger partial charge in [0.05, 0.1) is 0 Å². The second kappa shape index (κ2) is 39.2. The molecule has 0 radical (unpaired) electrons. The summed E-state index contributed by atoms with van der Waals surface area (Å²) >= 11 is 0. The molecule has 3 heteroatoms. The SMILES string of the molecule is CCCCCCC1=C(c2cc(CCCC)c(CCCC)c(CCCC)c2)[N+](=[N-])C(c2cc(CCCC)c(CCCC)c(CCCC)c2)=C1CCCCCC.[CH2-]CCC.[CH2-]CCC.[Ni+2]. The molecule has 1 heterocycles. The number of hydrogen-bond acceptors (Lipinski definition) is 0. The van der Waals surface area contributed by atoms with Gasteiger partial charge in [0.1, 0.15) is 0 Å². The Labute approximate surface area is 404 Å². The Morgan fingerprint density at radius 2 is 0.603 bits per heavy atom. The molecule has 3 rings (SSSR count). The van der Waals surface area contributed by atoms with E-state index < -0.39 is 0 Å². The number of hydrogen-bond donors (Lipinski definition) is 0. The summed E-state index contributed by atoms with van der Waals surface area (Å²) in [5.41, 5.74) is 29.9. The van der Waals surface area contributed by atoms with Crippen LogP contribution in [-0.2, 0) is 55.0 Å². The van der Waals surface area contributed by atoms with Crippen LogP contribution in [0.1, 0.15) is 281 Å². The minimum atomic E-state index is 0. The molecule has 2 nitrogen and oxygen atoms in total. The molecule has 2 aromatic carbocycles. The van der Waals surface area contributed by atoms with Crippen molar-refractivity contribution in [2.45, 2.75) is 275 Å². The van der Waals surface area contributed by atoms with E-state index in [1.54, 1.807) is 38.1 Å². The van der Waals surface area contributed by atoms with Crippen molar-refractivity contribution in [3.05, 3.63) is 99.3 Å². The zero-order chi connectivity index (χ0) is 46.0. The van der Waals surface area contributed by atoms with Crippen LogP contribution in [0.4, 0.5) is 0 Å². The summed E-state index contributed by atoms with van der Waals surface area (Å²) in [6.45, 7) is 30.1. The van der Waals surface area contributed by atoms with Crippen LogP contribution in [0.5, 0.6) is 0 Å². The molecule has 0 spiro atoms. The monoisotopic (exact) mass is 909 g/mol. The van der Waals surface area contributed by atoms with Gasteiger partial charge in [-0.2, -0.15) is 12.8 Å². The van der Waals surface area contributed by atoms with E-state index in [0.29, 0.717) is 0 Å². The van der Waals surface area contributed by atoms with Gasteiger partial charge >= 0.3 is 16.5 Å². The smallest absolute Gasteiger partial charge is 0.493 e. The van der Waals surface area contributed by atoms with Crippen molar-refractivity contribution in [2.75, 3.05) is 0 Å². The molecule has 0 bridgehead atoms. The topological polar surface area (TPSA) is 25.3 Å². The van der Waals surface area contributed by atoms with E-state index in [1.165, 1.54) is 176 Å². The van der Waals surface area contributed by atoms with E-state index in [-0.39, 0.29) is 16.5 Å². The average Bonchev–Trinajstić information content (AvgIpc) is 3.57. The second-order valence-electron chi connectivity index (χ2n) is 18.5. The summed E-state index contributed by atoms with van der Waals surface area (Å²) in [7, 11) is 0. The third-order valence-corrected chi connectivity index (χ3v) is 12.8. The van der Waals surface area contributed by atoms with E-state index in [4.69, 9.17) is 0 Å². The average molecular weight is 910 g/mol. The van der Waals surface area contributed by atoms with Crippen molar-refractivity contribution in [3.8, 4) is 0 Å². The number of unbranched alkanes of at least 4 members (excludes halogenated alkanes) is 14. The van der Waals surface area contributed by atoms with Crippen molar-refractivity contribution in [1.82, 2.24) is 0 Å². The first kappa shape index (κ1) is 61.0. The van der Waals surface area contributed by atoms with Gasteiger partial charge < -0.3 is 19.4 Å². The molecular weight excluding hydrogens is 807 g/mol. The van der Waals surface area contributed by atoms with Gasteiger partial charge in [-0.3, -0.25) is 0 Å². The maximum Gasteiger partial charge on any atom is 2.00 e. The number of nitrogens with zero attached hydrogens (tertiary/aromatic N) is 2. The van der Waals surface area contributed by atoms with Gasteiger partial charge in [-0.25, -0.2) is 4.70 Å². The van der Waals surface area contributed by atoms with Crippen LogP contribution >= 0.6 is 0 Å². The van der Waals surface area contributed by atoms with E-state index in [1.807, 2.05) is 0 Å². The number of rotatable bonds is 32. The summed E-state index contributed by atoms with van der Waals surface area (Å²) in [4.78, 5) is 0. The number of benzene rings is 2. The molecule has 0 saturated heterocycles. The molecule has 0 fully saturated rings. The quantitative estimate of drug-likeness (QED) is 0.0303. The summed E-state index contributed by atoms with van der Waals surface area (Å²) in [5, 5.41) is 0. The fraction of sp³-hybridized carbons (Fsp3) is 0.700. The Bertz CT molecular complexity index is 1370. The molecule has 1 aliphatic heterocycles. The maximum atomic E-state index is 12.9. The van der Waals surface area contributed by atoms with E-state index in [9.17, 15) is 5.53 Å². The van der Waals surface area contributed by atoms with Crippen molar-refractivity contribution >= 4 is 11.4 Å². The summed E-state index contributed by atoms with van der Waals surface area (Å²) < 4.78 is 1.73. The molecule has 362 valence electrons. The number of aryl methyl sites for hydroxylation is 4. The molecule has 0 atom stereocenters. The van der Waals surface area contributed by atoms with Crippen LogP contribution in [0.15, 0.2) is 35.4 Å². The van der Waals surface area contributed by atoms with Crippen LogP contribution in [0.2, 0.25) is 0 Å². The maximum absolute atomic E-state index is 12.9. The number of allylic oxidation sites excluding steroid dienone is 2. The normalized spacial score (nSPS) is 12.3.